The molecule has 1 aliphatic rings. The van der Waals surface area contributed by atoms with Gasteiger partial charge in [0.05, 0.1) is 27.6 Å². The van der Waals surface area contributed by atoms with E-state index in [-0.39, 0.29) is 5.91 Å². The smallest absolute Gasteiger partial charge is 0.236 e. The Labute approximate surface area is 142 Å². The Morgan fingerprint density at radius 1 is 1.29 bits per heavy atom. The first-order valence-electron chi connectivity index (χ1n) is 7.54. The molecule has 5 nitrogen and oxygen atoms in total. The largest absolute Gasteiger partial charge is 0.355 e. The van der Waals surface area contributed by atoms with Gasteiger partial charge in [0.2, 0.25) is 5.91 Å². The molecule has 1 amide bonds. The van der Waals surface area contributed by atoms with Gasteiger partial charge in [-0.25, -0.2) is 0 Å². The molecule has 2 aromatic heterocycles. The Morgan fingerprint density at radius 3 is 2.71 bits per heavy atom. The minimum Gasteiger partial charge on any atom is -0.355 e. The van der Waals surface area contributed by atoms with Crippen LogP contribution in [0.1, 0.15) is 24.1 Å². The number of hydrogen-bond donors (Lipinski definition) is 1. The number of aromatic nitrogens is 1. The fourth-order valence-corrected chi connectivity index (χ4v) is 3.31. The van der Waals surface area contributed by atoms with Crippen molar-refractivity contribution in [3.05, 3.63) is 59.1 Å². The number of carbonyl (C=O) groups is 1. The van der Waals surface area contributed by atoms with Crippen LogP contribution in [-0.4, -0.2) is 11.1 Å². The molecule has 118 valence electrons. The molecule has 0 unspecified atom stereocenters. The molecule has 6 heteroatoms. The second kappa shape index (κ2) is 5.62. The molecular weight excluding hydrogens is 322 g/mol. The molecule has 0 spiro atoms. The van der Waals surface area contributed by atoms with Gasteiger partial charge in [-0.15, -0.1) is 11.3 Å². The highest BCUT2D eigenvalue weighted by molar-refractivity contribution is 7.13. The van der Waals surface area contributed by atoms with Gasteiger partial charge >= 0.3 is 0 Å². The number of nitrogens with one attached hydrogen (secondary N) is 1. The summed E-state index contributed by atoms with van der Waals surface area (Å²) in [6, 6.07) is 14.6. The zero-order chi connectivity index (χ0) is 16.6. The van der Waals surface area contributed by atoms with Crippen molar-refractivity contribution in [2.24, 2.45) is 0 Å². The predicted octanol–water partition coefficient (Wildman–Crippen LogP) is 3.95. The maximum atomic E-state index is 12.7. The van der Waals surface area contributed by atoms with Crippen LogP contribution < -0.4 is 5.32 Å². The van der Waals surface area contributed by atoms with Gasteiger partial charge in [0, 0.05) is 11.8 Å². The Kier molecular flexibility index (Phi) is 3.44. The topological polar surface area (TPSA) is 78.9 Å². The van der Waals surface area contributed by atoms with E-state index in [1.54, 1.807) is 35.6 Å². The van der Waals surface area contributed by atoms with Crippen LogP contribution >= 0.6 is 11.3 Å². The zero-order valence-electron chi connectivity index (χ0n) is 12.7. The van der Waals surface area contributed by atoms with Crippen LogP contribution in [0.5, 0.6) is 0 Å². The third-order valence-corrected chi connectivity index (χ3v) is 5.11. The van der Waals surface area contributed by atoms with Gasteiger partial charge in [-0.3, -0.25) is 4.79 Å². The number of amides is 1. The maximum absolute atomic E-state index is 12.7. The fourth-order valence-electron chi connectivity index (χ4n) is 2.64. The molecule has 1 aliphatic carbocycles. The first kappa shape index (κ1) is 14.7. The molecule has 24 heavy (non-hydrogen) atoms. The Balaban J connectivity index is 1.54. The van der Waals surface area contributed by atoms with E-state index in [0.717, 1.165) is 17.7 Å². The molecule has 0 aliphatic heterocycles. The van der Waals surface area contributed by atoms with Gasteiger partial charge < -0.3 is 9.84 Å². The normalized spacial score (nSPS) is 14.8. The molecule has 4 rings (SSSR count). The van der Waals surface area contributed by atoms with Crippen molar-refractivity contribution in [1.29, 1.82) is 5.26 Å². The summed E-state index contributed by atoms with van der Waals surface area (Å²) in [5.74, 6) is 0.607. The highest BCUT2D eigenvalue weighted by atomic mass is 32.1. The summed E-state index contributed by atoms with van der Waals surface area (Å²) in [5.41, 5.74) is 1.31. The number of rotatable bonds is 4. The summed E-state index contributed by atoms with van der Waals surface area (Å²) >= 11 is 1.57. The minimum absolute atomic E-state index is 0.0850. The highest BCUT2D eigenvalue weighted by Crippen LogP contribution is 2.49. The second-order valence-electron chi connectivity index (χ2n) is 5.78. The lowest BCUT2D eigenvalue weighted by molar-refractivity contribution is -0.118. The summed E-state index contributed by atoms with van der Waals surface area (Å²) in [6.07, 6.45) is 1.51. The van der Waals surface area contributed by atoms with Crippen LogP contribution in [0.25, 0.3) is 10.6 Å². The van der Waals surface area contributed by atoms with Gasteiger partial charge in [0.15, 0.2) is 5.76 Å². The minimum atomic E-state index is -0.604. The summed E-state index contributed by atoms with van der Waals surface area (Å²) in [7, 11) is 0. The zero-order valence-corrected chi connectivity index (χ0v) is 13.5. The van der Waals surface area contributed by atoms with E-state index in [0.29, 0.717) is 22.7 Å². The van der Waals surface area contributed by atoms with Crippen LogP contribution in [0.15, 0.2) is 52.4 Å². The fraction of sp³-hybridized carbons (Fsp3) is 0.167. The van der Waals surface area contributed by atoms with Crippen molar-refractivity contribution in [3.8, 4) is 16.7 Å². The molecule has 1 aromatic carbocycles. The van der Waals surface area contributed by atoms with Gasteiger partial charge in [-0.2, -0.15) is 5.26 Å². The number of thiophene rings is 1. The molecule has 0 saturated heterocycles. The van der Waals surface area contributed by atoms with E-state index in [2.05, 4.69) is 16.5 Å². The summed E-state index contributed by atoms with van der Waals surface area (Å²) in [5, 5.41) is 17.8. The first-order valence-corrected chi connectivity index (χ1v) is 8.42. The lowest BCUT2D eigenvalue weighted by atomic mass is 10.0. The second-order valence-corrected chi connectivity index (χ2v) is 6.73. The van der Waals surface area contributed by atoms with Gasteiger partial charge in [-0.1, -0.05) is 11.2 Å². The molecule has 1 saturated carbocycles. The van der Waals surface area contributed by atoms with E-state index in [1.165, 1.54) is 0 Å². The monoisotopic (exact) mass is 335 g/mol. The van der Waals surface area contributed by atoms with Crippen molar-refractivity contribution in [2.75, 3.05) is 5.32 Å². The van der Waals surface area contributed by atoms with E-state index < -0.39 is 5.41 Å². The number of nitriles is 1. The first-order chi connectivity index (χ1) is 11.7. The standard InChI is InChI=1S/C18H13N3O2S/c19-11-12-3-5-13(6-4-12)20-17(22)18(7-8-18)16-10-14(23-21-16)15-2-1-9-24-15/h1-6,9-10H,7-8H2,(H,20,22). The summed E-state index contributed by atoms with van der Waals surface area (Å²) < 4.78 is 5.41. The van der Waals surface area contributed by atoms with Crippen molar-refractivity contribution < 1.29 is 9.32 Å². The van der Waals surface area contributed by atoms with Crippen LogP contribution in [0.3, 0.4) is 0 Å². The van der Waals surface area contributed by atoms with Gasteiger partial charge in [-0.05, 0) is 48.6 Å². The average molecular weight is 335 g/mol. The SMILES string of the molecule is N#Cc1ccc(NC(=O)C2(c3cc(-c4cccs4)on3)CC2)cc1. The van der Waals surface area contributed by atoms with E-state index >= 15 is 0 Å². The van der Waals surface area contributed by atoms with Crippen LogP contribution in [0.2, 0.25) is 0 Å². The molecule has 1 fully saturated rings. The van der Waals surface area contributed by atoms with E-state index in [1.807, 2.05) is 23.6 Å². The number of benzene rings is 1. The van der Waals surface area contributed by atoms with Crippen LogP contribution in [-0.2, 0) is 10.2 Å². The number of anilines is 1. The molecule has 2 heterocycles. The van der Waals surface area contributed by atoms with Crippen molar-refractivity contribution in [2.45, 2.75) is 18.3 Å². The lowest BCUT2D eigenvalue weighted by Gasteiger charge is -2.12. The van der Waals surface area contributed by atoms with Crippen molar-refractivity contribution in [1.82, 2.24) is 5.16 Å². The van der Waals surface area contributed by atoms with Crippen molar-refractivity contribution in [3.63, 3.8) is 0 Å². The number of hydrogen-bond acceptors (Lipinski definition) is 5. The lowest BCUT2D eigenvalue weighted by Crippen LogP contribution is -2.28. The van der Waals surface area contributed by atoms with Gasteiger partial charge in [0.1, 0.15) is 0 Å². The maximum Gasteiger partial charge on any atom is 0.236 e. The van der Waals surface area contributed by atoms with Crippen LogP contribution in [0, 0.1) is 11.3 Å². The summed E-state index contributed by atoms with van der Waals surface area (Å²) in [4.78, 5) is 13.7. The predicted molar refractivity (Wildman–Crippen MR) is 90.5 cm³/mol. The Hall–Kier alpha value is -2.91. The van der Waals surface area contributed by atoms with E-state index in [4.69, 9.17) is 9.78 Å². The highest BCUT2D eigenvalue weighted by Gasteiger charge is 2.53. The number of nitrogens with zero attached hydrogens (tertiary/aromatic N) is 2. The average Bonchev–Trinajstić information content (AvgIpc) is 3.02. The quantitative estimate of drug-likeness (QED) is 0.783. The van der Waals surface area contributed by atoms with Crippen LogP contribution in [0.4, 0.5) is 5.69 Å². The molecular formula is C18H13N3O2S. The molecule has 3 aromatic rings. The Morgan fingerprint density at radius 2 is 2.08 bits per heavy atom. The summed E-state index contributed by atoms with van der Waals surface area (Å²) in [6.45, 7) is 0. The van der Waals surface area contributed by atoms with E-state index in [9.17, 15) is 4.79 Å². The van der Waals surface area contributed by atoms with Crippen molar-refractivity contribution >= 4 is 22.9 Å². The molecule has 0 bridgehead atoms. The third-order valence-electron chi connectivity index (χ3n) is 4.22. The molecule has 0 radical (unpaired) electrons. The van der Waals surface area contributed by atoms with Gasteiger partial charge in [0.25, 0.3) is 0 Å². The number of carbonyl (C=O) groups excluding carboxylic acids is 1. The molecule has 0 atom stereocenters. The third kappa shape index (κ3) is 2.49. The molecule has 1 N–H and O–H groups in total. The Bertz CT molecular complexity index is 916.